The van der Waals surface area contributed by atoms with Crippen LogP contribution >= 0.6 is 0 Å². The number of nitrogens with one attached hydrogen (secondary N) is 2. The molecule has 7 nitrogen and oxygen atoms in total. The molecule has 1 aliphatic rings. The maximum absolute atomic E-state index is 5.99. The van der Waals surface area contributed by atoms with Crippen molar-refractivity contribution in [2.75, 3.05) is 31.2 Å². The molecule has 3 heterocycles. The van der Waals surface area contributed by atoms with Gasteiger partial charge in [-0.1, -0.05) is 48.5 Å². The molecule has 1 aliphatic heterocycles. The molecule has 0 saturated carbocycles. The molecule has 4 aromatic rings. The van der Waals surface area contributed by atoms with E-state index in [2.05, 4.69) is 73.5 Å². The largest absolute Gasteiger partial charge is 0.368 e. The van der Waals surface area contributed by atoms with Gasteiger partial charge < -0.3 is 20.9 Å². The van der Waals surface area contributed by atoms with Gasteiger partial charge >= 0.3 is 0 Å². The maximum atomic E-state index is 5.99. The number of nitrogen functional groups attached to an aromatic ring is 1. The topological polar surface area (TPSA) is 84.0 Å². The molecule has 0 radical (unpaired) electrons. The van der Waals surface area contributed by atoms with E-state index >= 15 is 0 Å². The van der Waals surface area contributed by atoms with E-state index in [4.69, 9.17) is 5.73 Å². The Hall–Kier alpha value is -3.42. The molecule has 0 aliphatic carbocycles. The van der Waals surface area contributed by atoms with Gasteiger partial charge in [-0.2, -0.15) is 4.98 Å². The molecule has 33 heavy (non-hydrogen) atoms. The molecule has 1 fully saturated rings. The average molecular weight is 442 g/mol. The first-order valence-corrected chi connectivity index (χ1v) is 11.5. The van der Waals surface area contributed by atoms with Crippen LogP contribution < -0.4 is 16.4 Å². The molecule has 0 bridgehead atoms. The van der Waals surface area contributed by atoms with Gasteiger partial charge in [-0.05, 0) is 42.3 Å². The highest BCUT2D eigenvalue weighted by atomic mass is 15.2. The molecule has 2 aromatic carbocycles. The SMILES string of the molecule is CNC1CN(Cc2ccc(Cn3ccc4nc(N)nc(NCc5ccccc5)c43)c(C)c2)C1. The lowest BCUT2D eigenvalue weighted by molar-refractivity contribution is 0.124. The van der Waals surface area contributed by atoms with E-state index in [1.165, 1.54) is 22.3 Å². The quantitative estimate of drug-likeness (QED) is 0.389. The van der Waals surface area contributed by atoms with Crippen LogP contribution in [0.4, 0.5) is 11.8 Å². The van der Waals surface area contributed by atoms with Crippen LogP contribution in [0.1, 0.15) is 22.3 Å². The highest BCUT2D eigenvalue weighted by molar-refractivity contribution is 5.87. The van der Waals surface area contributed by atoms with Crippen LogP contribution in [0.5, 0.6) is 0 Å². The van der Waals surface area contributed by atoms with E-state index in [0.29, 0.717) is 12.6 Å². The van der Waals surface area contributed by atoms with Crippen molar-refractivity contribution in [3.63, 3.8) is 0 Å². The van der Waals surface area contributed by atoms with Crippen LogP contribution in [-0.2, 0) is 19.6 Å². The van der Waals surface area contributed by atoms with E-state index in [1.807, 2.05) is 31.3 Å². The van der Waals surface area contributed by atoms with E-state index < -0.39 is 0 Å². The summed E-state index contributed by atoms with van der Waals surface area (Å²) >= 11 is 0. The fourth-order valence-corrected chi connectivity index (χ4v) is 4.52. The highest BCUT2D eigenvalue weighted by Gasteiger charge is 2.24. The smallest absolute Gasteiger partial charge is 0.222 e. The Morgan fingerprint density at radius 1 is 1.00 bits per heavy atom. The molecule has 0 amide bonds. The summed E-state index contributed by atoms with van der Waals surface area (Å²) in [4.78, 5) is 11.4. The number of likely N-dealkylation sites (tertiary alicyclic amines) is 1. The van der Waals surface area contributed by atoms with Gasteiger partial charge in [-0.3, -0.25) is 4.90 Å². The molecule has 4 N–H and O–H groups in total. The number of fused-ring (bicyclic) bond motifs is 1. The van der Waals surface area contributed by atoms with Crippen molar-refractivity contribution in [2.24, 2.45) is 0 Å². The Kier molecular flexibility index (Phi) is 5.98. The third-order valence-corrected chi connectivity index (χ3v) is 6.45. The minimum Gasteiger partial charge on any atom is -0.368 e. The summed E-state index contributed by atoms with van der Waals surface area (Å²) in [5, 5.41) is 6.80. The second-order valence-electron chi connectivity index (χ2n) is 8.89. The van der Waals surface area contributed by atoms with Crippen LogP contribution in [0.15, 0.2) is 60.8 Å². The number of benzene rings is 2. The van der Waals surface area contributed by atoms with Crippen LogP contribution in [0, 0.1) is 6.92 Å². The van der Waals surface area contributed by atoms with E-state index in [9.17, 15) is 0 Å². The summed E-state index contributed by atoms with van der Waals surface area (Å²) in [5.74, 6) is 1.04. The zero-order chi connectivity index (χ0) is 22.8. The lowest BCUT2D eigenvalue weighted by atomic mass is 10.0. The number of rotatable bonds is 8. The van der Waals surface area contributed by atoms with Crippen molar-refractivity contribution in [3.8, 4) is 0 Å². The summed E-state index contributed by atoms with van der Waals surface area (Å²) in [6, 6.07) is 19.7. The van der Waals surface area contributed by atoms with Crippen molar-refractivity contribution >= 4 is 22.8 Å². The van der Waals surface area contributed by atoms with Crippen LogP contribution in [0.25, 0.3) is 11.0 Å². The predicted molar refractivity (Wildman–Crippen MR) is 134 cm³/mol. The Balaban J connectivity index is 1.35. The van der Waals surface area contributed by atoms with Gasteiger partial charge in [0, 0.05) is 45.0 Å². The molecule has 2 aromatic heterocycles. The lowest BCUT2D eigenvalue weighted by Gasteiger charge is -2.39. The number of nitrogens with two attached hydrogens (primary N) is 1. The first kappa shape index (κ1) is 21.4. The maximum Gasteiger partial charge on any atom is 0.222 e. The number of likely N-dealkylation sites (N-methyl/N-ethyl adjacent to an activating group) is 1. The highest BCUT2D eigenvalue weighted by Crippen LogP contribution is 2.25. The van der Waals surface area contributed by atoms with Crippen molar-refractivity contribution in [3.05, 3.63) is 83.0 Å². The van der Waals surface area contributed by atoms with E-state index in [-0.39, 0.29) is 5.95 Å². The summed E-state index contributed by atoms with van der Waals surface area (Å²) in [6.07, 6.45) is 2.07. The van der Waals surface area contributed by atoms with Gasteiger partial charge in [0.05, 0.1) is 5.52 Å². The molecule has 1 saturated heterocycles. The summed E-state index contributed by atoms with van der Waals surface area (Å²) in [6.45, 7) is 6.88. The monoisotopic (exact) mass is 441 g/mol. The molecule has 170 valence electrons. The van der Waals surface area contributed by atoms with Gasteiger partial charge in [0.1, 0.15) is 5.52 Å². The normalized spacial score (nSPS) is 14.5. The summed E-state index contributed by atoms with van der Waals surface area (Å²) < 4.78 is 2.21. The van der Waals surface area contributed by atoms with Gasteiger partial charge in [-0.25, -0.2) is 4.98 Å². The molecule has 0 atom stereocenters. The molecular formula is C26H31N7. The third-order valence-electron chi connectivity index (χ3n) is 6.45. The van der Waals surface area contributed by atoms with Crippen LogP contribution in [0.2, 0.25) is 0 Å². The Morgan fingerprint density at radius 3 is 2.58 bits per heavy atom. The van der Waals surface area contributed by atoms with Gasteiger partial charge in [0.15, 0.2) is 5.82 Å². The number of hydrogen-bond donors (Lipinski definition) is 3. The Bertz CT molecular complexity index is 1240. The molecular weight excluding hydrogens is 410 g/mol. The van der Waals surface area contributed by atoms with Crippen molar-refractivity contribution < 1.29 is 0 Å². The van der Waals surface area contributed by atoms with E-state index in [1.54, 1.807) is 0 Å². The van der Waals surface area contributed by atoms with Gasteiger partial charge in [-0.15, -0.1) is 0 Å². The number of nitrogens with zero attached hydrogens (tertiary/aromatic N) is 4. The van der Waals surface area contributed by atoms with Crippen LogP contribution in [0.3, 0.4) is 0 Å². The number of aryl methyl sites for hydroxylation is 1. The van der Waals surface area contributed by atoms with Crippen molar-refractivity contribution in [1.29, 1.82) is 0 Å². The minimum absolute atomic E-state index is 0.280. The summed E-state index contributed by atoms with van der Waals surface area (Å²) in [5.41, 5.74) is 13.0. The van der Waals surface area contributed by atoms with Gasteiger partial charge in [0.2, 0.25) is 5.95 Å². The van der Waals surface area contributed by atoms with Crippen molar-refractivity contribution in [2.45, 2.75) is 32.6 Å². The average Bonchev–Trinajstić information content (AvgIpc) is 3.19. The third kappa shape index (κ3) is 4.69. The zero-order valence-corrected chi connectivity index (χ0v) is 19.3. The molecule has 5 rings (SSSR count). The standard InChI is InChI=1S/C26H31N7/c1-18-12-20(14-32-16-22(17-32)28-2)8-9-21(18)15-33-11-10-23-24(33)25(31-26(27)30-23)29-13-19-6-4-3-5-7-19/h3-12,22,28H,13-17H2,1-2H3,(H3,27,29,30,31). The second-order valence-corrected chi connectivity index (χ2v) is 8.89. The fourth-order valence-electron chi connectivity index (χ4n) is 4.52. The molecule has 7 heteroatoms. The zero-order valence-electron chi connectivity index (χ0n) is 19.3. The second kappa shape index (κ2) is 9.21. The van der Waals surface area contributed by atoms with Crippen LogP contribution in [-0.4, -0.2) is 45.6 Å². The molecule has 0 unspecified atom stereocenters. The number of aromatic nitrogens is 3. The first-order valence-electron chi connectivity index (χ1n) is 11.5. The number of hydrogen-bond acceptors (Lipinski definition) is 6. The van der Waals surface area contributed by atoms with Crippen molar-refractivity contribution in [1.82, 2.24) is 24.8 Å². The van der Waals surface area contributed by atoms with Gasteiger partial charge in [0.25, 0.3) is 0 Å². The molecule has 0 spiro atoms. The number of anilines is 2. The minimum atomic E-state index is 0.280. The predicted octanol–water partition coefficient (Wildman–Crippen LogP) is 3.39. The summed E-state index contributed by atoms with van der Waals surface area (Å²) in [7, 11) is 2.04. The Labute approximate surface area is 194 Å². The lowest BCUT2D eigenvalue weighted by Crippen LogP contribution is -2.56. The fraction of sp³-hybridized carbons (Fsp3) is 0.308. The first-order chi connectivity index (χ1) is 16.1. The van der Waals surface area contributed by atoms with E-state index in [0.717, 1.165) is 43.0 Å². The Morgan fingerprint density at radius 2 is 1.82 bits per heavy atom.